The van der Waals surface area contributed by atoms with Gasteiger partial charge in [-0.15, -0.1) is 0 Å². The molecule has 1 N–H and O–H groups in total. The highest BCUT2D eigenvalue weighted by Gasteiger charge is 2.19. The van der Waals surface area contributed by atoms with Crippen LogP contribution in [0.2, 0.25) is 0 Å². The number of piperazine rings is 1. The maximum absolute atomic E-state index is 11.4. The number of anilines is 1. The highest BCUT2D eigenvalue weighted by molar-refractivity contribution is 5.73. The molecule has 1 heterocycles. The van der Waals surface area contributed by atoms with Gasteiger partial charge in [-0.1, -0.05) is 26.0 Å². The zero-order chi connectivity index (χ0) is 15.4. The Morgan fingerprint density at radius 2 is 1.90 bits per heavy atom. The standard InChI is InChI=1S/C17H27N3O/c1-13(2)18-12-16-5-6-17(14(3)11-16)20-9-7-19(8-10-20)15(4)21/h5-6,11,13,18H,7-10,12H2,1-4H3. The number of nitrogens with one attached hydrogen (secondary N) is 1. The van der Waals surface area contributed by atoms with Crippen molar-refractivity contribution >= 4 is 11.6 Å². The van der Waals surface area contributed by atoms with E-state index in [-0.39, 0.29) is 5.91 Å². The number of hydrogen-bond donors (Lipinski definition) is 1. The van der Waals surface area contributed by atoms with E-state index >= 15 is 0 Å². The van der Waals surface area contributed by atoms with Crippen LogP contribution in [0.1, 0.15) is 31.9 Å². The first kappa shape index (κ1) is 15.8. The van der Waals surface area contributed by atoms with Crippen molar-refractivity contribution in [3.63, 3.8) is 0 Å². The van der Waals surface area contributed by atoms with Crippen LogP contribution in [0.25, 0.3) is 0 Å². The Labute approximate surface area is 128 Å². The van der Waals surface area contributed by atoms with Crippen LogP contribution in [0.15, 0.2) is 18.2 Å². The van der Waals surface area contributed by atoms with Gasteiger partial charge in [0.25, 0.3) is 0 Å². The van der Waals surface area contributed by atoms with Gasteiger partial charge in [0.1, 0.15) is 0 Å². The maximum atomic E-state index is 11.4. The molecule has 0 aromatic heterocycles. The summed E-state index contributed by atoms with van der Waals surface area (Å²) in [6, 6.07) is 7.19. The fraction of sp³-hybridized carbons (Fsp3) is 0.588. The average molecular weight is 289 g/mol. The van der Waals surface area contributed by atoms with E-state index in [1.165, 1.54) is 16.8 Å². The van der Waals surface area contributed by atoms with Crippen molar-refractivity contribution in [2.24, 2.45) is 0 Å². The summed E-state index contributed by atoms with van der Waals surface area (Å²) < 4.78 is 0. The Balaban J connectivity index is 1.99. The highest BCUT2D eigenvalue weighted by atomic mass is 16.2. The number of rotatable bonds is 4. The van der Waals surface area contributed by atoms with Crippen LogP contribution in [0.5, 0.6) is 0 Å². The second-order valence-corrected chi connectivity index (χ2v) is 6.15. The lowest BCUT2D eigenvalue weighted by molar-refractivity contribution is -0.129. The van der Waals surface area contributed by atoms with E-state index in [2.05, 4.69) is 49.2 Å². The molecule has 0 spiro atoms. The number of hydrogen-bond acceptors (Lipinski definition) is 3. The summed E-state index contributed by atoms with van der Waals surface area (Å²) in [6.45, 7) is 12.6. The largest absolute Gasteiger partial charge is 0.368 e. The smallest absolute Gasteiger partial charge is 0.219 e. The van der Waals surface area contributed by atoms with E-state index in [0.717, 1.165) is 32.7 Å². The van der Waals surface area contributed by atoms with Crippen molar-refractivity contribution in [1.82, 2.24) is 10.2 Å². The van der Waals surface area contributed by atoms with Crippen LogP contribution >= 0.6 is 0 Å². The third-order valence-corrected chi connectivity index (χ3v) is 4.04. The predicted molar refractivity (Wildman–Crippen MR) is 87.6 cm³/mol. The lowest BCUT2D eigenvalue weighted by Gasteiger charge is -2.36. The van der Waals surface area contributed by atoms with Gasteiger partial charge in [0.15, 0.2) is 0 Å². The Hall–Kier alpha value is -1.55. The number of aryl methyl sites for hydroxylation is 1. The number of benzene rings is 1. The molecule has 1 aromatic carbocycles. The quantitative estimate of drug-likeness (QED) is 0.922. The van der Waals surface area contributed by atoms with Crippen molar-refractivity contribution in [1.29, 1.82) is 0 Å². The number of carbonyl (C=O) groups is 1. The van der Waals surface area contributed by atoms with Gasteiger partial charge >= 0.3 is 0 Å². The second-order valence-electron chi connectivity index (χ2n) is 6.15. The normalized spacial score (nSPS) is 15.7. The zero-order valence-corrected chi connectivity index (χ0v) is 13.6. The van der Waals surface area contributed by atoms with Gasteiger partial charge in [0.05, 0.1) is 0 Å². The first-order valence-electron chi connectivity index (χ1n) is 7.80. The van der Waals surface area contributed by atoms with Crippen LogP contribution in [0.3, 0.4) is 0 Å². The first-order valence-corrected chi connectivity index (χ1v) is 7.80. The van der Waals surface area contributed by atoms with E-state index < -0.39 is 0 Å². The summed E-state index contributed by atoms with van der Waals surface area (Å²) in [5.74, 6) is 0.182. The molecule has 1 aliphatic heterocycles. The van der Waals surface area contributed by atoms with Crippen molar-refractivity contribution < 1.29 is 4.79 Å². The predicted octanol–water partition coefficient (Wildman–Crippen LogP) is 2.16. The molecular weight excluding hydrogens is 262 g/mol. The SMILES string of the molecule is CC(=O)N1CCN(c2ccc(CNC(C)C)cc2C)CC1. The summed E-state index contributed by atoms with van der Waals surface area (Å²) in [5.41, 5.74) is 3.94. The molecule has 0 bridgehead atoms. The third-order valence-electron chi connectivity index (χ3n) is 4.04. The first-order chi connectivity index (χ1) is 9.97. The summed E-state index contributed by atoms with van der Waals surface area (Å²) in [7, 11) is 0. The van der Waals surface area contributed by atoms with E-state index in [0.29, 0.717) is 6.04 Å². The average Bonchev–Trinajstić information content (AvgIpc) is 2.45. The third kappa shape index (κ3) is 4.21. The van der Waals surface area contributed by atoms with Crippen LogP contribution in [0.4, 0.5) is 5.69 Å². The molecule has 1 saturated heterocycles. The molecule has 0 unspecified atom stereocenters. The Bertz CT molecular complexity index is 491. The van der Waals surface area contributed by atoms with Gasteiger partial charge in [0.2, 0.25) is 5.91 Å². The number of nitrogens with zero attached hydrogens (tertiary/aromatic N) is 2. The minimum atomic E-state index is 0.182. The van der Waals surface area contributed by atoms with Crippen molar-refractivity contribution in [3.8, 4) is 0 Å². The van der Waals surface area contributed by atoms with Gasteiger partial charge in [-0.05, 0) is 24.1 Å². The summed E-state index contributed by atoms with van der Waals surface area (Å²) in [6.07, 6.45) is 0. The Morgan fingerprint density at radius 3 is 2.43 bits per heavy atom. The van der Waals surface area contributed by atoms with Crippen molar-refractivity contribution in [3.05, 3.63) is 29.3 Å². The Kier molecular flexibility index (Phi) is 5.23. The molecule has 0 saturated carbocycles. The number of amides is 1. The molecule has 2 rings (SSSR count). The lowest BCUT2D eigenvalue weighted by atomic mass is 10.1. The topological polar surface area (TPSA) is 35.6 Å². The van der Waals surface area contributed by atoms with Gasteiger partial charge in [-0.3, -0.25) is 4.79 Å². The molecule has 0 atom stereocenters. The zero-order valence-electron chi connectivity index (χ0n) is 13.6. The second kappa shape index (κ2) is 6.94. The van der Waals surface area contributed by atoms with Crippen LogP contribution in [0, 0.1) is 6.92 Å². The van der Waals surface area contributed by atoms with Gasteiger partial charge < -0.3 is 15.1 Å². The van der Waals surface area contributed by atoms with E-state index in [1.807, 2.05) is 4.90 Å². The molecule has 1 aliphatic rings. The maximum Gasteiger partial charge on any atom is 0.219 e. The van der Waals surface area contributed by atoms with Crippen molar-refractivity contribution in [2.45, 2.75) is 40.3 Å². The molecular formula is C17H27N3O. The molecule has 1 amide bonds. The molecule has 0 aliphatic carbocycles. The molecule has 21 heavy (non-hydrogen) atoms. The summed E-state index contributed by atoms with van der Waals surface area (Å²) in [4.78, 5) is 15.7. The minimum absolute atomic E-state index is 0.182. The fourth-order valence-corrected chi connectivity index (χ4v) is 2.77. The van der Waals surface area contributed by atoms with E-state index in [1.54, 1.807) is 6.92 Å². The molecule has 4 heteroatoms. The Morgan fingerprint density at radius 1 is 1.24 bits per heavy atom. The van der Waals surface area contributed by atoms with Crippen LogP contribution < -0.4 is 10.2 Å². The number of carbonyl (C=O) groups excluding carboxylic acids is 1. The minimum Gasteiger partial charge on any atom is -0.368 e. The summed E-state index contributed by atoms with van der Waals surface area (Å²) >= 11 is 0. The van der Waals surface area contributed by atoms with Crippen LogP contribution in [-0.4, -0.2) is 43.0 Å². The van der Waals surface area contributed by atoms with Crippen LogP contribution in [-0.2, 0) is 11.3 Å². The van der Waals surface area contributed by atoms with Gasteiger partial charge in [-0.25, -0.2) is 0 Å². The van der Waals surface area contributed by atoms with Gasteiger partial charge in [0, 0.05) is 51.4 Å². The molecule has 1 aromatic rings. The highest BCUT2D eigenvalue weighted by Crippen LogP contribution is 2.22. The van der Waals surface area contributed by atoms with Gasteiger partial charge in [-0.2, -0.15) is 0 Å². The van der Waals surface area contributed by atoms with E-state index in [9.17, 15) is 4.79 Å². The molecule has 0 radical (unpaired) electrons. The van der Waals surface area contributed by atoms with Crippen molar-refractivity contribution in [2.75, 3.05) is 31.1 Å². The van der Waals surface area contributed by atoms with E-state index in [4.69, 9.17) is 0 Å². The molecule has 1 fully saturated rings. The monoisotopic (exact) mass is 289 g/mol. The fourth-order valence-electron chi connectivity index (χ4n) is 2.77. The molecule has 116 valence electrons. The lowest BCUT2D eigenvalue weighted by Crippen LogP contribution is -2.48. The molecule has 4 nitrogen and oxygen atoms in total. The summed E-state index contributed by atoms with van der Waals surface area (Å²) in [5, 5.41) is 3.45.